The number of fused-ring (bicyclic) bond motifs is 3. The molecular weight excluding hydrogens is 232 g/mol. The number of pyridine rings is 1. The molecule has 4 rings (SSSR count). The van der Waals surface area contributed by atoms with Gasteiger partial charge in [0.2, 0.25) is 0 Å². The van der Waals surface area contributed by atoms with Gasteiger partial charge in [-0.1, -0.05) is 30.3 Å². The molecule has 1 aromatic heterocycles. The fraction of sp³-hybridized carbons (Fsp3) is 0.353. The maximum absolute atomic E-state index is 4.34. The monoisotopic (exact) mass is 250 g/mol. The van der Waals surface area contributed by atoms with E-state index in [9.17, 15) is 0 Å². The number of benzene rings is 1. The summed E-state index contributed by atoms with van der Waals surface area (Å²) >= 11 is 0. The summed E-state index contributed by atoms with van der Waals surface area (Å²) in [5.74, 6) is 2.57. The Morgan fingerprint density at radius 2 is 2.00 bits per heavy atom. The number of nitrogens with one attached hydrogen (secondary N) is 1. The Hall–Kier alpha value is -1.67. The van der Waals surface area contributed by atoms with E-state index < -0.39 is 0 Å². The van der Waals surface area contributed by atoms with Gasteiger partial charge in [0.15, 0.2) is 0 Å². The van der Waals surface area contributed by atoms with Crippen LogP contribution in [0.4, 0.5) is 0 Å². The van der Waals surface area contributed by atoms with Crippen molar-refractivity contribution in [3.05, 3.63) is 65.5 Å². The van der Waals surface area contributed by atoms with E-state index in [1.807, 2.05) is 18.3 Å². The molecule has 2 heteroatoms. The van der Waals surface area contributed by atoms with Crippen LogP contribution >= 0.6 is 0 Å². The predicted molar refractivity (Wildman–Crippen MR) is 75.8 cm³/mol. The second-order valence-corrected chi connectivity index (χ2v) is 5.71. The third-order valence-electron chi connectivity index (χ3n) is 4.61. The van der Waals surface area contributed by atoms with E-state index >= 15 is 0 Å². The van der Waals surface area contributed by atoms with Crippen molar-refractivity contribution in [2.45, 2.75) is 18.9 Å². The van der Waals surface area contributed by atoms with E-state index in [1.54, 1.807) is 11.1 Å². The second kappa shape index (κ2) is 4.46. The number of hydrogen-bond acceptors (Lipinski definition) is 2. The lowest BCUT2D eigenvalue weighted by atomic mass is 10.0. The van der Waals surface area contributed by atoms with Gasteiger partial charge in [0.25, 0.3) is 0 Å². The summed E-state index contributed by atoms with van der Waals surface area (Å²) in [6.07, 6.45) is 3.15. The standard InChI is InChI=1S/C17H18N2/c1-2-7-14-12(5-1)9-15-16(17(14)15)11-18-10-13-6-3-4-8-19-13/h1-8,15-18H,9-11H2/t15-,16+,17+/m0/s1. The fourth-order valence-electron chi connectivity index (χ4n) is 3.63. The summed E-state index contributed by atoms with van der Waals surface area (Å²) in [6.45, 7) is 2.01. The van der Waals surface area contributed by atoms with Crippen LogP contribution in [0.5, 0.6) is 0 Å². The molecule has 0 bridgehead atoms. The predicted octanol–water partition coefficient (Wildman–Crippen LogP) is 2.76. The van der Waals surface area contributed by atoms with Crippen LogP contribution in [0, 0.1) is 11.8 Å². The Morgan fingerprint density at radius 1 is 1.11 bits per heavy atom. The molecule has 0 aliphatic heterocycles. The molecule has 2 nitrogen and oxygen atoms in total. The highest BCUT2D eigenvalue weighted by Crippen LogP contribution is 2.60. The summed E-state index contributed by atoms with van der Waals surface area (Å²) in [7, 11) is 0. The summed E-state index contributed by atoms with van der Waals surface area (Å²) in [6, 6.07) is 15.0. The average molecular weight is 250 g/mol. The SMILES string of the molecule is c1ccc(CNC[C@@H]2[C@@H]3Cc4ccccc4[C@@H]23)nc1. The van der Waals surface area contributed by atoms with Gasteiger partial charge in [-0.15, -0.1) is 0 Å². The highest BCUT2D eigenvalue weighted by Gasteiger charge is 2.54. The van der Waals surface area contributed by atoms with Crippen molar-refractivity contribution in [2.24, 2.45) is 11.8 Å². The van der Waals surface area contributed by atoms with Gasteiger partial charge in [-0.25, -0.2) is 0 Å². The summed E-state index contributed by atoms with van der Waals surface area (Å²) in [5.41, 5.74) is 4.32. The Bertz CT molecular complexity index is 579. The third-order valence-corrected chi connectivity index (χ3v) is 4.61. The molecule has 0 spiro atoms. The fourth-order valence-corrected chi connectivity index (χ4v) is 3.63. The Morgan fingerprint density at radius 3 is 2.89 bits per heavy atom. The van der Waals surface area contributed by atoms with Crippen LogP contribution in [-0.4, -0.2) is 11.5 Å². The van der Waals surface area contributed by atoms with Gasteiger partial charge < -0.3 is 5.32 Å². The van der Waals surface area contributed by atoms with E-state index in [4.69, 9.17) is 0 Å². The van der Waals surface area contributed by atoms with Crippen molar-refractivity contribution in [2.75, 3.05) is 6.54 Å². The van der Waals surface area contributed by atoms with Gasteiger partial charge in [0, 0.05) is 12.7 Å². The van der Waals surface area contributed by atoms with Crippen LogP contribution in [0.2, 0.25) is 0 Å². The molecule has 1 fully saturated rings. The molecule has 0 amide bonds. The lowest BCUT2D eigenvalue weighted by Crippen LogP contribution is -2.19. The van der Waals surface area contributed by atoms with Crippen LogP contribution in [0.3, 0.4) is 0 Å². The molecule has 1 aromatic carbocycles. The van der Waals surface area contributed by atoms with Gasteiger partial charge in [-0.2, -0.15) is 0 Å². The van der Waals surface area contributed by atoms with Gasteiger partial charge in [-0.05, 0) is 54.0 Å². The van der Waals surface area contributed by atoms with Crippen molar-refractivity contribution in [3.63, 3.8) is 0 Å². The van der Waals surface area contributed by atoms with E-state index in [2.05, 4.69) is 40.6 Å². The Balaban J connectivity index is 1.33. The molecule has 0 radical (unpaired) electrons. The van der Waals surface area contributed by atoms with Gasteiger partial charge in [-0.3, -0.25) is 4.98 Å². The highest BCUT2D eigenvalue weighted by molar-refractivity contribution is 5.43. The quantitative estimate of drug-likeness (QED) is 0.902. The normalized spacial score (nSPS) is 26.8. The molecule has 1 heterocycles. The molecule has 2 aromatic rings. The summed E-state index contributed by atoms with van der Waals surface area (Å²) in [4.78, 5) is 4.34. The Kier molecular flexibility index (Phi) is 2.63. The zero-order chi connectivity index (χ0) is 12.7. The van der Waals surface area contributed by atoms with E-state index in [0.29, 0.717) is 0 Å². The molecular formula is C17H18N2. The van der Waals surface area contributed by atoms with Gasteiger partial charge in [0.05, 0.1) is 5.69 Å². The minimum Gasteiger partial charge on any atom is -0.311 e. The van der Waals surface area contributed by atoms with Crippen LogP contribution in [0.1, 0.15) is 22.7 Å². The number of aromatic nitrogens is 1. The van der Waals surface area contributed by atoms with Crippen LogP contribution in [-0.2, 0) is 13.0 Å². The van der Waals surface area contributed by atoms with Crippen molar-refractivity contribution in [1.29, 1.82) is 0 Å². The zero-order valence-corrected chi connectivity index (χ0v) is 10.9. The summed E-state index contributed by atoms with van der Waals surface area (Å²) in [5, 5.41) is 3.56. The number of rotatable bonds is 4. The second-order valence-electron chi connectivity index (χ2n) is 5.71. The molecule has 2 aliphatic carbocycles. The molecule has 96 valence electrons. The first kappa shape index (κ1) is 11.2. The van der Waals surface area contributed by atoms with Crippen molar-refractivity contribution in [3.8, 4) is 0 Å². The zero-order valence-electron chi connectivity index (χ0n) is 10.9. The van der Waals surface area contributed by atoms with Crippen molar-refractivity contribution < 1.29 is 0 Å². The first-order valence-corrected chi connectivity index (χ1v) is 7.12. The lowest BCUT2D eigenvalue weighted by molar-refractivity contribution is 0.583. The van der Waals surface area contributed by atoms with E-state index in [0.717, 1.165) is 36.5 Å². The smallest absolute Gasteiger partial charge is 0.0541 e. The average Bonchev–Trinajstić information content (AvgIpc) is 2.99. The first-order valence-electron chi connectivity index (χ1n) is 7.12. The van der Waals surface area contributed by atoms with Crippen LogP contribution < -0.4 is 5.32 Å². The molecule has 1 saturated carbocycles. The van der Waals surface area contributed by atoms with E-state index in [1.165, 1.54) is 6.42 Å². The largest absolute Gasteiger partial charge is 0.311 e. The lowest BCUT2D eigenvalue weighted by Gasteiger charge is -2.08. The molecule has 19 heavy (non-hydrogen) atoms. The van der Waals surface area contributed by atoms with Crippen LogP contribution in [0.25, 0.3) is 0 Å². The first-order chi connectivity index (χ1) is 9.43. The van der Waals surface area contributed by atoms with E-state index in [-0.39, 0.29) is 0 Å². The maximum Gasteiger partial charge on any atom is 0.0541 e. The summed E-state index contributed by atoms with van der Waals surface area (Å²) < 4.78 is 0. The number of nitrogens with zero attached hydrogens (tertiary/aromatic N) is 1. The molecule has 0 saturated heterocycles. The molecule has 0 unspecified atom stereocenters. The molecule has 3 atom stereocenters. The highest BCUT2D eigenvalue weighted by atomic mass is 14.9. The number of hydrogen-bond donors (Lipinski definition) is 1. The Labute approximate surface area is 113 Å². The van der Waals surface area contributed by atoms with Gasteiger partial charge in [0.1, 0.15) is 0 Å². The van der Waals surface area contributed by atoms with Crippen LogP contribution in [0.15, 0.2) is 48.7 Å². The maximum atomic E-state index is 4.34. The molecule has 1 N–H and O–H groups in total. The minimum absolute atomic E-state index is 0.826. The molecule has 2 aliphatic rings. The van der Waals surface area contributed by atoms with Crippen molar-refractivity contribution in [1.82, 2.24) is 10.3 Å². The topological polar surface area (TPSA) is 24.9 Å². The minimum atomic E-state index is 0.826. The van der Waals surface area contributed by atoms with Crippen molar-refractivity contribution >= 4 is 0 Å². The third kappa shape index (κ3) is 1.96. The van der Waals surface area contributed by atoms with Gasteiger partial charge >= 0.3 is 0 Å².